The Labute approximate surface area is 153 Å². The highest BCUT2D eigenvalue weighted by molar-refractivity contribution is 6.33. The second kappa shape index (κ2) is 6.85. The van der Waals surface area contributed by atoms with Crippen molar-refractivity contribution in [2.24, 2.45) is 0 Å². The second-order valence-corrected chi connectivity index (χ2v) is 6.40. The Balaban J connectivity index is 2.07. The molecule has 3 aromatic rings. The van der Waals surface area contributed by atoms with Crippen LogP contribution in [-0.4, -0.2) is 20.9 Å². The van der Waals surface area contributed by atoms with Crippen LogP contribution in [0.3, 0.4) is 0 Å². The van der Waals surface area contributed by atoms with Crippen molar-refractivity contribution in [1.29, 1.82) is 0 Å². The Morgan fingerprint density at radius 3 is 2.33 bits per heavy atom. The number of carboxylic acid groups (broad SMARTS) is 1. The SMILES string of the molecule is O=C(O)c1cc(-c2ccc(Cl)cc2)n(Cc2cc(Cl)ccc2Cl)n1. The zero-order valence-electron chi connectivity index (χ0n) is 12.2. The van der Waals surface area contributed by atoms with E-state index in [-0.39, 0.29) is 5.69 Å². The molecule has 0 amide bonds. The molecule has 0 aliphatic carbocycles. The molecule has 0 saturated carbocycles. The van der Waals surface area contributed by atoms with Crippen LogP contribution in [0.4, 0.5) is 0 Å². The summed E-state index contributed by atoms with van der Waals surface area (Å²) in [5.41, 5.74) is 2.16. The fraction of sp³-hybridized carbons (Fsp3) is 0.0588. The maximum Gasteiger partial charge on any atom is 0.356 e. The van der Waals surface area contributed by atoms with Gasteiger partial charge in [-0.1, -0.05) is 46.9 Å². The lowest BCUT2D eigenvalue weighted by Gasteiger charge is -2.10. The molecule has 7 heteroatoms. The molecule has 0 aliphatic rings. The van der Waals surface area contributed by atoms with Crippen molar-refractivity contribution in [2.75, 3.05) is 0 Å². The fourth-order valence-electron chi connectivity index (χ4n) is 2.32. The van der Waals surface area contributed by atoms with Crippen LogP contribution in [0.2, 0.25) is 15.1 Å². The molecule has 0 spiro atoms. The Morgan fingerprint density at radius 1 is 1.00 bits per heavy atom. The van der Waals surface area contributed by atoms with Crippen LogP contribution >= 0.6 is 34.8 Å². The van der Waals surface area contributed by atoms with Gasteiger partial charge in [0.1, 0.15) is 0 Å². The van der Waals surface area contributed by atoms with E-state index in [4.69, 9.17) is 34.8 Å². The van der Waals surface area contributed by atoms with E-state index in [1.165, 1.54) is 6.07 Å². The van der Waals surface area contributed by atoms with Gasteiger partial charge < -0.3 is 5.11 Å². The molecule has 0 unspecified atom stereocenters. The molecule has 122 valence electrons. The van der Waals surface area contributed by atoms with E-state index in [9.17, 15) is 9.90 Å². The number of hydrogen-bond acceptors (Lipinski definition) is 2. The Morgan fingerprint density at radius 2 is 1.67 bits per heavy atom. The topological polar surface area (TPSA) is 55.1 Å². The van der Waals surface area contributed by atoms with Gasteiger partial charge in [0.15, 0.2) is 5.69 Å². The van der Waals surface area contributed by atoms with Crippen molar-refractivity contribution < 1.29 is 9.90 Å². The van der Waals surface area contributed by atoms with Gasteiger partial charge in [-0.3, -0.25) is 4.68 Å². The number of nitrogens with zero attached hydrogens (tertiary/aromatic N) is 2. The summed E-state index contributed by atoms with van der Waals surface area (Å²) in [6.45, 7) is 0.296. The van der Waals surface area contributed by atoms with Crippen LogP contribution in [-0.2, 0) is 6.54 Å². The van der Waals surface area contributed by atoms with Gasteiger partial charge in [-0.25, -0.2) is 4.79 Å². The summed E-state index contributed by atoms with van der Waals surface area (Å²) in [5, 5.41) is 15.1. The minimum Gasteiger partial charge on any atom is -0.476 e. The van der Waals surface area contributed by atoms with Crippen LogP contribution in [0.25, 0.3) is 11.3 Å². The number of benzene rings is 2. The second-order valence-electron chi connectivity index (χ2n) is 5.12. The lowest BCUT2D eigenvalue weighted by Crippen LogP contribution is -2.06. The fourth-order valence-corrected chi connectivity index (χ4v) is 2.82. The van der Waals surface area contributed by atoms with Gasteiger partial charge in [-0.2, -0.15) is 5.10 Å². The molecule has 0 aliphatic heterocycles. The van der Waals surface area contributed by atoms with Crippen molar-refractivity contribution in [3.63, 3.8) is 0 Å². The van der Waals surface area contributed by atoms with Gasteiger partial charge in [-0.05, 0) is 47.5 Å². The molecule has 3 rings (SSSR count). The molecule has 1 heterocycles. The Bertz CT molecular complexity index is 905. The van der Waals surface area contributed by atoms with Gasteiger partial charge in [-0.15, -0.1) is 0 Å². The molecule has 0 fully saturated rings. The third-order valence-electron chi connectivity index (χ3n) is 3.47. The molecular weight excluding hydrogens is 371 g/mol. The summed E-state index contributed by atoms with van der Waals surface area (Å²) in [4.78, 5) is 11.3. The first kappa shape index (κ1) is 16.8. The third kappa shape index (κ3) is 3.56. The smallest absolute Gasteiger partial charge is 0.356 e. The number of rotatable bonds is 4. The lowest BCUT2D eigenvalue weighted by atomic mass is 10.1. The highest BCUT2D eigenvalue weighted by atomic mass is 35.5. The van der Waals surface area contributed by atoms with Crippen molar-refractivity contribution in [1.82, 2.24) is 9.78 Å². The van der Waals surface area contributed by atoms with Crippen LogP contribution < -0.4 is 0 Å². The monoisotopic (exact) mass is 380 g/mol. The number of carboxylic acids is 1. The van der Waals surface area contributed by atoms with Gasteiger partial charge in [0.05, 0.1) is 12.2 Å². The number of hydrogen-bond donors (Lipinski definition) is 1. The lowest BCUT2D eigenvalue weighted by molar-refractivity contribution is 0.0689. The standard InChI is InChI=1S/C17H11Cl3N2O2/c18-12-3-1-10(2-4-12)16-8-15(17(23)24)21-22(16)9-11-7-13(19)5-6-14(11)20/h1-8H,9H2,(H,23,24). The summed E-state index contributed by atoms with van der Waals surface area (Å²) in [6.07, 6.45) is 0. The highest BCUT2D eigenvalue weighted by Crippen LogP contribution is 2.26. The first-order valence-corrected chi connectivity index (χ1v) is 8.08. The largest absolute Gasteiger partial charge is 0.476 e. The minimum atomic E-state index is -1.10. The summed E-state index contributed by atoms with van der Waals surface area (Å²) in [5.74, 6) is -1.10. The number of carbonyl (C=O) groups is 1. The van der Waals surface area contributed by atoms with Gasteiger partial charge in [0, 0.05) is 15.1 Å². The van der Waals surface area contributed by atoms with E-state index < -0.39 is 5.97 Å². The highest BCUT2D eigenvalue weighted by Gasteiger charge is 2.16. The molecule has 1 aromatic heterocycles. The number of halogens is 3. The zero-order valence-corrected chi connectivity index (χ0v) is 14.5. The zero-order chi connectivity index (χ0) is 17.3. The molecule has 24 heavy (non-hydrogen) atoms. The van der Waals surface area contributed by atoms with E-state index in [0.717, 1.165) is 11.1 Å². The van der Waals surface area contributed by atoms with E-state index in [1.807, 2.05) is 0 Å². The Kier molecular flexibility index (Phi) is 4.81. The van der Waals surface area contributed by atoms with Crippen LogP contribution in [0.5, 0.6) is 0 Å². The maximum absolute atomic E-state index is 11.3. The molecule has 0 bridgehead atoms. The van der Waals surface area contributed by atoms with Gasteiger partial charge in [0.25, 0.3) is 0 Å². The first-order chi connectivity index (χ1) is 11.4. The van der Waals surface area contributed by atoms with Crippen LogP contribution in [0.1, 0.15) is 16.1 Å². The normalized spacial score (nSPS) is 10.8. The summed E-state index contributed by atoms with van der Waals surface area (Å²) >= 11 is 18.1. The van der Waals surface area contributed by atoms with Crippen molar-refractivity contribution in [2.45, 2.75) is 6.54 Å². The summed E-state index contributed by atoms with van der Waals surface area (Å²) in [7, 11) is 0. The van der Waals surface area contributed by atoms with Crippen LogP contribution in [0, 0.1) is 0 Å². The quantitative estimate of drug-likeness (QED) is 0.671. The van der Waals surface area contributed by atoms with E-state index in [2.05, 4.69) is 5.10 Å². The Hall–Kier alpha value is -2.01. The number of aromatic nitrogens is 2. The van der Waals surface area contributed by atoms with Crippen molar-refractivity contribution >= 4 is 40.8 Å². The van der Waals surface area contributed by atoms with E-state index >= 15 is 0 Å². The summed E-state index contributed by atoms with van der Waals surface area (Å²) < 4.78 is 1.59. The molecule has 4 nitrogen and oxygen atoms in total. The van der Waals surface area contributed by atoms with E-state index in [1.54, 1.807) is 47.1 Å². The number of aromatic carboxylic acids is 1. The molecule has 2 aromatic carbocycles. The predicted molar refractivity (Wildman–Crippen MR) is 95.2 cm³/mol. The average Bonchev–Trinajstić information content (AvgIpc) is 2.96. The first-order valence-electron chi connectivity index (χ1n) is 6.95. The van der Waals surface area contributed by atoms with Gasteiger partial charge >= 0.3 is 5.97 Å². The third-order valence-corrected chi connectivity index (χ3v) is 4.32. The van der Waals surface area contributed by atoms with Gasteiger partial charge in [0.2, 0.25) is 0 Å². The predicted octanol–water partition coefficient (Wildman–Crippen LogP) is 5.26. The molecule has 1 N–H and O–H groups in total. The van der Waals surface area contributed by atoms with Crippen molar-refractivity contribution in [3.8, 4) is 11.3 Å². The van der Waals surface area contributed by atoms with Crippen molar-refractivity contribution in [3.05, 3.63) is 74.9 Å². The summed E-state index contributed by atoms with van der Waals surface area (Å²) in [6, 6.07) is 13.7. The molecule has 0 atom stereocenters. The molecular formula is C17H11Cl3N2O2. The maximum atomic E-state index is 11.3. The van der Waals surface area contributed by atoms with E-state index in [0.29, 0.717) is 27.3 Å². The molecule has 0 saturated heterocycles. The molecule has 0 radical (unpaired) electrons. The van der Waals surface area contributed by atoms with Crippen LogP contribution in [0.15, 0.2) is 48.5 Å². The minimum absolute atomic E-state index is 0.0434. The average molecular weight is 382 g/mol.